The number of hydrogen-bond donors (Lipinski definition) is 0. The summed E-state index contributed by atoms with van der Waals surface area (Å²) >= 11 is 0. The molecule has 0 aliphatic heterocycles. The van der Waals surface area contributed by atoms with Crippen LogP contribution in [0.1, 0.15) is 5.56 Å². The molecule has 0 radical (unpaired) electrons. The first kappa shape index (κ1) is 15.2. The molecule has 0 spiro atoms. The van der Waals surface area contributed by atoms with Crippen molar-refractivity contribution in [3.8, 4) is 33.9 Å². The zero-order chi connectivity index (χ0) is 17.1. The summed E-state index contributed by atoms with van der Waals surface area (Å²) in [6, 6.07) is 24.3. The van der Waals surface area contributed by atoms with Gasteiger partial charge < -0.3 is 0 Å². The predicted octanol–water partition coefficient (Wildman–Crippen LogP) is 5.18. The van der Waals surface area contributed by atoms with E-state index in [1.807, 2.05) is 36.4 Å². The third kappa shape index (κ3) is 3.17. The molecule has 4 rings (SSSR count). The molecule has 3 heterocycles. The quantitative estimate of drug-likeness (QED) is 0.521. The Kier molecular flexibility index (Phi) is 4.05. The second kappa shape index (κ2) is 6.65. The number of nitrogens with zero attached hydrogens (tertiary/aromatic N) is 3. The number of aromatic nitrogens is 3. The lowest BCUT2D eigenvalue weighted by Gasteiger charge is -2.11. The summed E-state index contributed by atoms with van der Waals surface area (Å²) < 4.78 is 0. The van der Waals surface area contributed by atoms with Crippen LogP contribution in [0.2, 0.25) is 0 Å². The zero-order valence-corrected chi connectivity index (χ0v) is 13.9. The number of pyridine rings is 3. The van der Waals surface area contributed by atoms with Gasteiger partial charge in [0.15, 0.2) is 0 Å². The molecule has 3 aromatic heterocycles. The van der Waals surface area contributed by atoms with E-state index in [9.17, 15) is 0 Å². The molecule has 0 fully saturated rings. The van der Waals surface area contributed by atoms with Crippen LogP contribution in [-0.2, 0) is 0 Å². The van der Waals surface area contributed by atoms with E-state index < -0.39 is 0 Å². The van der Waals surface area contributed by atoms with Gasteiger partial charge in [0.05, 0.1) is 22.8 Å². The van der Waals surface area contributed by atoms with Crippen molar-refractivity contribution >= 4 is 0 Å². The summed E-state index contributed by atoms with van der Waals surface area (Å²) in [5.41, 5.74) is 6.95. The molecule has 0 bridgehead atoms. The van der Waals surface area contributed by atoms with E-state index in [0.717, 1.165) is 28.3 Å². The second-order valence-corrected chi connectivity index (χ2v) is 5.87. The molecule has 120 valence electrons. The normalized spacial score (nSPS) is 10.6. The van der Waals surface area contributed by atoms with Gasteiger partial charge in [0, 0.05) is 12.4 Å². The number of benzene rings is 1. The van der Waals surface area contributed by atoms with E-state index in [4.69, 9.17) is 4.98 Å². The minimum absolute atomic E-state index is 0.849. The lowest BCUT2D eigenvalue weighted by molar-refractivity contribution is 1.22. The molecular formula is C22H17N3. The van der Waals surface area contributed by atoms with Crippen molar-refractivity contribution in [3.05, 3.63) is 90.8 Å². The Morgan fingerprint density at radius 1 is 0.600 bits per heavy atom. The summed E-state index contributed by atoms with van der Waals surface area (Å²) in [5.74, 6) is 0. The number of hydrogen-bond acceptors (Lipinski definition) is 3. The van der Waals surface area contributed by atoms with Gasteiger partial charge >= 0.3 is 0 Å². The van der Waals surface area contributed by atoms with Crippen LogP contribution in [0, 0.1) is 6.92 Å². The average molecular weight is 323 g/mol. The van der Waals surface area contributed by atoms with Crippen molar-refractivity contribution in [2.75, 3.05) is 0 Å². The molecule has 0 saturated carbocycles. The molecule has 1 aromatic carbocycles. The first-order valence-corrected chi connectivity index (χ1v) is 8.22. The second-order valence-electron chi connectivity index (χ2n) is 5.87. The summed E-state index contributed by atoms with van der Waals surface area (Å²) in [5, 5.41) is 0. The maximum Gasteiger partial charge on any atom is 0.0900 e. The minimum atomic E-state index is 0.849. The first-order valence-electron chi connectivity index (χ1n) is 8.22. The van der Waals surface area contributed by atoms with Gasteiger partial charge in [-0.05, 0) is 60.0 Å². The van der Waals surface area contributed by atoms with Crippen molar-refractivity contribution in [3.63, 3.8) is 0 Å². The van der Waals surface area contributed by atoms with Gasteiger partial charge in [0.2, 0.25) is 0 Å². The fourth-order valence-electron chi connectivity index (χ4n) is 2.87. The Morgan fingerprint density at radius 3 is 1.68 bits per heavy atom. The van der Waals surface area contributed by atoms with Crippen molar-refractivity contribution in [2.24, 2.45) is 0 Å². The van der Waals surface area contributed by atoms with Gasteiger partial charge in [-0.2, -0.15) is 0 Å². The lowest BCUT2D eigenvalue weighted by Crippen LogP contribution is -1.94. The van der Waals surface area contributed by atoms with Gasteiger partial charge in [-0.15, -0.1) is 0 Å². The van der Waals surface area contributed by atoms with Crippen molar-refractivity contribution in [1.82, 2.24) is 15.0 Å². The fourth-order valence-corrected chi connectivity index (χ4v) is 2.87. The van der Waals surface area contributed by atoms with Crippen LogP contribution in [0.15, 0.2) is 85.2 Å². The topological polar surface area (TPSA) is 38.7 Å². The molecule has 0 saturated heterocycles. The minimum Gasteiger partial charge on any atom is -0.255 e. The van der Waals surface area contributed by atoms with E-state index in [2.05, 4.69) is 53.3 Å². The van der Waals surface area contributed by atoms with Crippen LogP contribution >= 0.6 is 0 Å². The Labute approximate surface area is 147 Å². The standard InChI is InChI=1S/C22H17N3/c1-16-8-2-3-9-18(16)17-14-21(19-10-4-6-12-23-19)25-22(15-17)20-11-5-7-13-24-20/h2-15H,1H3. The molecule has 3 heteroatoms. The molecule has 0 N–H and O–H groups in total. The predicted molar refractivity (Wildman–Crippen MR) is 101 cm³/mol. The fraction of sp³-hybridized carbons (Fsp3) is 0.0455. The lowest BCUT2D eigenvalue weighted by atomic mass is 9.99. The highest BCUT2D eigenvalue weighted by molar-refractivity contribution is 5.76. The summed E-state index contributed by atoms with van der Waals surface area (Å²) in [6.45, 7) is 2.12. The Balaban J connectivity index is 1.94. The summed E-state index contributed by atoms with van der Waals surface area (Å²) in [6.07, 6.45) is 3.58. The third-order valence-electron chi connectivity index (χ3n) is 4.14. The molecule has 0 aliphatic carbocycles. The Hall–Kier alpha value is -3.33. The monoisotopic (exact) mass is 323 g/mol. The van der Waals surface area contributed by atoms with E-state index in [1.54, 1.807) is 12.4 Å². The molecule has 0 unspecified atom stereocenters. The van der Waals surface area contributed by atoms with Crippen LogP contribution in [0.5, 0.6) is 0 Å². The van der Waals surface area contributed by atoms with Gasteiger partial charge in [0.1, 0.15) is 0 Å². The third-order valence-corrected chi connectivity index (χ3v) is 4.14. The number of rotatable bonds is 3. The maximum atomic E-state index is 4.80. The Bertz CT molecular complexity index is 938. The first-order chi connectivity index (χ1) is 12.3. The highest BCUT2D eigenvalue weighted by Crippen LogP contribution is 2.30. The average Bonchev–Trinajstić information content (AvgIpc) is 2.69. The van der Waals surface area contributed by atoms with Gasteiger partial charge in [0.25, 0.3) is 0 Å². The highest BCUT2D eigenvalue weighted by Gasteiger charge is 2.11. The van der Waals surface area contributed by atoms with E-state index in [1.165, 1.54) is 11.1 Å². The molecule has 3 nitrogen and oxygen atoms in total. The molecule has 25 heavy (non-hydrogen) atoms. The SMILES string of the molecule is Cc1ccccc1-c1cc(-c2ccccn2)nc(-c2ccccn2)c1. The molecular weight excluding hydrogens is 306 g/mol. The zero-order valence-electron chi connectivity index (χ0n) is 13.9. The van der Waals surface area contributed by atoms with Crippen molar-refractivity contribution in [2.45, 2.75) is 6.92 Å². The van der Waals surface area contributed by atoms with Crippen LogP contribution in [-0.4, -0.2) is 15.0 Å². The highest BCUT2D eigenvalue weighted by atomic mass is 14.8. The molecule has 0 amide bonds. The van der Waals surface area contributed by atoms with Crippen LogP contribution in [0.4, 0.5) is 0 Å². The smallest absolute Gasteiger partial charge is 0.0900 e. The van der Waals surface area contributed by atoms with Gasteiger partial charge in [-0.25, -0.2) is 4.98 Å². The van der Waals surface area contributed by atoms with Crippen LogP contribution in [0.25, 0.3) is 33.9 Å². The van der Waals surface area contributed by atoms with Crippen LogP contribution < -0.4 is 0 Å². The molecule has 0 atom stereocenters. The molecule has 4 aromatic rings. The summed E-state index contributed by atoms with van der Waals surface area (Å²) in [7, 11) is 0. The van der Waals surface area contributed by atoms with Gasteiger partial charge in [-0.1, -0.05) is 36.4 Å². The van der Waals surface area contributed by atoms with Gasteiger partial charge in [-0.3, -0.25) is 9.97 Å². The van der Waals surface area contributed by atoms with Crippen molar-refractivity contribution < 1.29 is 0 Å². The molecule has 0 aliphatic rings. The van der Waals surface area contributed by atoms with Crippen LogP contribution in [0.3, 0.4) is 0 Å². The number of aryl methyl sites for hydroxylation is 1. The largest absolute Gasteiger partial charge is 0.255 e. The van der Waals surface area contributed by atoms with Crippen molar-refractivity contribution in [1.29, 1.82) is 0 Å². The maximum absolute atomic E-state index is 4.80. The Morgan fingerprint density at radius 2 is 1.16 bits per heavy atom. The van der Waals surface area contributed by atoms with E-state index in [-0.39, 0.29) is 0 Å². The van der Waals surface area contributed by atoms with E-state index in [0.29, 0.717) is 0 Å². The van der Waals surface area contributed by atoms with E-state index >= 15 is 0 Å². The summed E-state index contributed by atoms with van der Waals surface area (Å²) in [4.78, 5) is 13.7.